The fraction of sp³-hybridized carbons (Fsp3) is 0.150. The molecule has 0 fully saturated rings. The highest BCUT2D eigenvalue weighted by atomic mass is 19.5. The minimum Gasteiger partial charge on any atom is -0.418 e. The molecule has 0 N–H and O–H groups in total. The van der Waals surface area contributed by atoms with E-state index >= 15 is 0 Å². The highest BCUT2D eigenvalue weighted by molar-refractivity contribution is 6.50. The summed E-state index contributed by atoms with van der Waals surface area (Å²) in [5, 5.41) is 0. The lowest BCUT2D eigenvalue weighted by atomic mass is 10.0. The Morgan fingerprint density at radius 2 is 1.04 bits per heavy atom. The van der Waals surface area contributed by atoms with Gasteiger partial charge in [-0.25, -0.2) is 4.42 Å². The minimum absolute atomic E-state index is 0.908. The first-order valence-electron chi connectivity index (χ1n) is 8.08. The molecule has 0 aliphatic heterocycles. The van der Waals surface area contributed by atoms with Crippen LogP contribution >= 0.6 is 0 Å². The number of rotatable bonds is 2. The van der Waals surface area contributed by atoms with Crippen molar-refractivity contribution >= 4 is 7.25 Å². The molecule has 1 nitrogen and oxygen atoms in total. The Morgan fingerprint density at radius 3 is 1.50 bits per heavy atom. The summed E-state index contributed by atoms with van der Waals surface area (Å²) in [6.45, 7) is 6.19. The summed E-state index contributed by atoms with van der Waals surface area (Å²) < 4.78 is 44.9. The van der Waals surface area contributed by atoms with Gasteiger partial charge < -0.3 is 17.3 Å². The first kappa shape index (κ1) is 19.7. The SMILES string of the molecule is Cc1ccc(-c2cc(C)[o+]c(-c3ccc(C)cc3)c2)cc1.F[B-](F)(F)F. The Kier molecular flexibility index (Phi) is 6.19. The van der Waals surface area contributed by atoms with Gasteiger partial charge >= 0.3 is 18.8 Å². The van der Waals surface area contributed by atoms with Gasteiger partial charge in [0.1, 0.15) is 0 Å². The molecule has 136 valence electrons. The number of hydrogen-bond donors (Lipinski definition) is 0. The Morgan fingerprint density at radius 1 is 0.615 bits per heavy atom. The second-order valence-electron chi connectivity index (χ2n) is 6.05. The molecule has 0 aliphatic rings. The molecule has 3 rings (SSSR count). The lowest BCUT2D eigenvalue weighted by Gasteiger charge is -2.02. The minimum atomic E-state index is -6.00. The summed E-state index contributed by atoms with van der Waals surface area (Å²) in [5.74, 6) is 1.83. The van der Waals surface area contributed by atoms with Gasteiger partial charge in [-0.15, -0.1) is 0 Å². The highest BCUT2D eigenvalue weighted by Crippen LogP contribution is 2.28. The van der Waals surface area contributed by atoms with Crippen LogP contribution in [0.1, 0.15) is 16.9 Å². The summed E-state index contributed by atoms with van der Waals surface area (Å²) in [4.78, 5) is 0. The molecular weight excluding hydrogens is 343 g/mol. The summed E-state index contributed by atoms with van der Waals surface area (Å²) in [7, 11) is -6.00. The number of benzene rings is 2. The topological polar surface area (TPSA) is 11.3 Å². The molecule has 3 aromatic rings. The number of halogens is 4. The predicted octanol–water partition coefficient (Wildman–Crippen LogP) is 7.12. The Bertz CT molecular complexity index is 787. The molecule has 0 saturated heterocycles. The van der Waals surface area contributed by atoms with Crippen molar-refractivity contribution in [2.75, 3.05) is 0 Å². The molecular formula is C20H19BF4O. The number of hydrogen-bond acceptors (Lipinski definition) is 0. The first-order chi connectivity index (χ1) is 12.1. The van der Waals surface area contributed by atoms with E-state index in [1.54, 1.807) is 0 Å². The van der Waals surface area contributed by atoms with Crippen molar-refractivity contribution in [3.63, 3.8) is 0 Å². The molecule has 0 bridgehead atoms. The van der Waals surface area contributed by atoms with Crippen LogP contribution < -0.4 is 0 Å². The maximum atomic E-state index is 9.75. The van der Waals surface area contributed by atoms with E-state index in [1.807, 2.05) is 6.92 Å². The fourth-order valence-electron chi connectivity index (χ4n) is 2.41. The van der Waals surface area contributed by atoms with Crippen molar-refractivity contribution in [2.45, 2.75) is 20.8 Å². The quantitative estimate of drug-likeness (QED) is 0.268. The van der Waals surface area contributed by atoms with E-state index in [1.165, 1.54) is 22.3 Å². The van der Waals surface area contributed by atoms with Crippen LogP contribution in [0.3, 0.4) is 0 Å². The van der Waals surface area contributed by atoms with Crippen molar-refractivity contribution in [3.8, 4) is 22.5 Å². The van der Waals surface area contributed by atoms with Crippen LogP contribution in [0.15, 0.2) is 65.1 Å². The molecule has 1 aromatic heterocycles. The van der Waals surface area contributed by atoms with E-state index in [4.69, 9.17) is 4.42 Å². The van der Waals surface area contributed by atoms with E-state index in [-0.39, 0.29) is 0 Å². The summed E-state index contributed by atoms with van der Waals surface area (Å²) >= 11 is 0. The molecule has 0 atom stereocenters. The van der Waals surface area contributed by atoms with Crippen molar-refractivity contribution < 1.29 is 21.7 Å². The van der Waals surface area contributed by atoms with E-state index in [9.17, 15) is 17.3 Å². The van der Waals surface area contributed by atoms with E-state index in [0.717, 1.165) is 17.1 Å². The average molecular weight is 362 g/mol. The lowest BCUT2D eigenvalue weighted by molar-refractivity contribution is 0.368. The van der Waals surface area contributed by atoms with Crippen LogP contribution in [0.25, 0.3) is 22.5 Å². The van der Waals surface area contributed by atoms with Crippen molar-refractivity contribution in [2.24, 2.45) is 0 Å². The van der Waals surface area contributed by atoms with Crippen LogP contribution in [0, 0.1) is 20.8 Å². The predicted molar refractivity (Wildman–Crippen MR) is 98.4 cm³/mol. The van der Waals surface area contributed by atoms with Gasteiger partial charge in [0, 0.05) is 11.6 Å². The lowest BCUT2D eigenvalue weighted by Crippen LogP contribution is -2.02. The molecule has 0 aliphatic carbocycles. The highest BCUT2D eigenvalue weighted by Gasteiger charge is 2.20. The summed E-state index contributed by atoms with van der Waals surface area (Å²) in [5.41, 5.74) is 6.04. The van der Waals surface area contributed by atoms with Gasteiger partial charge in [-0.3, -0.25) is 0 Å². The van der Waals surface area contributed by atoms with E-state index in [0.29, 0.717) is 0 Å². The second kappa shape index (κ2) is 8.17. The molecule has 0 radical (unpaired) electrons. The molecule has 0 amide bonds. The van der Waals surface area contributed by atoms with Crippen molar-refractivity contribution in [1.29, 1.82) is 0 Å². The molecule has 0 saturated carbocycles. The van der Waals surface area contributed by atoms with Crippen LogP contribution in [-0.4, -0.2) is 7.25 Å². The monoisotopic (exact) mass is 362 g/mol. The fourth-order valence-corrected chi connectivity index (χ4v) is 2.41. The van der Waals surface area contributed by atoms with Gasteiger partial charge in [0.15, 0.2) is 0 Å². The van der Waals surface area contributed by atoms with Gasteiger partial charge in [0.25, 0.3) is 0 Å². The molecule has 2 aromatic carbocycles. The maximum Gasteiger partial charge on any atom is 0.673 e. The summed E-state index contributed by atoms with van der Waals surface area (Å²) in [6, 6.07) is 21.2. The van der Waals surface area contributed by atoms with E-state index < -0.39 is 7.25 Å². The van der Waals surface area contributed by atoms with Gasteiger partial charge in [0.2, 0.25) is 0 Å². The van der Waals surface area contributed by atoms with Gasteiger partial charge in [-0.2, -0.15) is 0 Å². The standard InChI is InChI=1S/C20H19O.BF4/c1-14-4-8-17(9-5-14)19-12-16(3)21-20(13-19)18-10-6-15(2)7-11-18;2-1(3,4)5/h4-13H,1-3H3;/q+1;-1. The Balaban J connectivity index is 0.000000431. The second-order valence-corrected chi connectivity index (χ2v) is 6.05. The molecule has 0 spiro atoms. The Hall–Kier alpha value is -2.63. The average Bonchev–Trinajstić information content (AvgIpc) is 2.54. The van der Waals surface area contributed by atoms with Gasteiger partial charge in [-0.1, -0.05) is 47.5 Å². The third kappa shape index (κ3) is 6.35. The first-order valence-corrected chi connectivity index (χ1v) is 8.08. The van der Waals surface area contributed by atoms with Gasteiger partial charge in [-0.05, 0) is 31.5 Å². The molecule has 0 unspecified atom stereocenters. The van der Waals surface area contributed by atoms with Gasteiger partial charge in [0.05, 0.1) is 18.6 Å². The third-order valence-corrected chi connectivity index (χ3v) is 3.64. The maximum absolute atomic E-state index is 9.75. The van der Waals surface area contributed by atoms with Crippen LogP contribution in [0.4, 0.5) is 17.3 Å². The van der Waals surface area contributed by atoms with Crippen molar-refractivity contribution in [1.82, 2.24) is 0 Å². The smallest absolute Gasteiger partial charge is 0.418 e. The third-order valence-electron chi connectivity index (χ3n) is 3.64. The zero-order valence-corrected chi connectivity index (χ0v) is 14.8. The molecule has 1 heterocycles. The zero-order valence-electron chi connectivity index (χ0n) is 14.8. The number of aryl methyl sites for hydroxylation is 3. The van der Waals surface area contributed by atoms with Crippen LogP contribution in [0.5, 0.6) is 0 Å². The van der Waals surface area contributed by atoms with Crippen molar-refractivity contribution in [3.05, 3.63) is 77.6 Å². The summed E-state index contributed by atoms with van der Waals surface area (Å²) in [6.07, 6.45) is 0. The normalized spacial score (nSPS) is 10.9. The van der Waals surface area contributed by atoms with Crippen LogP contribution in [-0.2, 0) is 0 Å². The Labute approximate surface area is 150 Å². The zero-order chi connectivity index (χ0) is 19.3. The molecule has 6 heteroatoms. The molecule has 26 heavy (non-hydrogen) atoms. The van der Waals surface area contributed by atoms with E-state index in [2.05, 4.69) is 74.5 Å². The van der Waals surface area contributed by atoms with Crippen LogP contribution in [0.2, 0.25) is 0 Å². The largest absolute Gasteiger partial charge is 0.673 e.